The van der Waals surface area contributed by atoms with Crippen molar-refractivity contribution in [3.63, 3.8) is 0 Å². The summed E-state index contributed by atoms with van der Waals surface area (Å²) in [6.07, 6.45) is 0. The molecule has 0 aliphatic rings. The Bertz CT molecular complexity index is 728. The molecule has 21 heavy (non-hydrogen) atoms. The van der Waals surface area contributed by atoms with Crippen molar-refractivity contribution in [2.45, 2.75) is 6.92 Å². The van der Waals surface area contributed by atoms with Gasteiger partial charge in [0.15, 0.2) is 5.13 Å². The smallest absolute Gasteiger partial charge is 0.188 e. The Morgan fingerprint density at radius 1 is 1.05 bits per heavy atom. The number of aromatic nitrogens is 2. The maximum absolute atomic E-state index is 4.59. The van der Waals surface area contributed by atoms with E-state index in [2.05, 4.69) is 31.2 Å². The van der Waals surface area contributed by atoms with Gasteiger partial charge in [-0.15, -0.1) is 23.7 Å². The first-order chi connectivity index (χ1) is 9.70. The summed E-state index contributed by atoms with van der Waals surface area (Å²) in [6.45, 7) is 1.97. The highest BCUT2D eigenvalue weighted by molar-refractivity contribution is 9.10. The molecule has 2 heterocycles. The van der Waals surface area contributed by atoms with Gasteiger partial charge >= 0.3 is 0 Å². The first-order valence-electron chi connectivity index (χ1n) is 6.13. The van der Waals surface area contributed by atoms with Crippen molar-refractivity contribution < 1.29 is 0 Å². The number of nitrogens with one attached hydrogen (secondary N) is 1. The quantitative estimate of drug-likeness (QED) is 0.655. The zero-order valence-corrected chi connectivity index (χ0v) is 14.4. The van der Waals surface area contributed by atoms with Gasteiger partial charge in [-0.25, -0.2) is 9.97 Å². The van der Waals surface area contributed by atoms with Gasteiger partial charge in [0.1, 0.15) is 5.82 Å². The highest BCUT2D eigenvalue weighted by Crippen LogP contribution is 2.27. The largest absolute Gasteiger partial charge is 0.316 e. The Kier molecular flexibility index (Phi) is 5.33. The van der Waals surface area contributed by atoms with Crippen molar-refractivity contribution in [2.24, 2.45) is 0 Å². The Morgan fingerprint density at radius 2 is 1.81 bits per heavy atom. The van der Waals surface area contributed by atoms with E-state index in [0.29, 0.717) is 0 Å². The Hall–Kier alpha value is -1.43. The van der Waals surface area contributed by atoms with E-state index in [0.717, 1.165) is 32.4 Å². The van der Waals surface area contributed by atoms with E-state index in [-0.39, 0.29) is 12.4 Å². The Morgan fingerprint density at radius 3 is 2.52 bits per heavy atom. The lowest BCUT2D eigenvalue weighted by Gasteiger charge is -2.02. The third-order valence-electron chi connectivity index (χ3n) is 2.77. The van der Waals surface area contributed by atoms with Crippen molar-refractivity contribution in [1.29, 1.82) is 0 Å². The second-order valence-corrected chi connectivity index (χ2v) is 6.11. The number of hydrogen-bond acceptors (Lipinski definition) is 4. The molecule has 0 spiro atoms. The number of rotatable bonds is 3. The van der Waals surface area contributed by atoms with Crippen LogP contribution in [0.2, 0.25) is 0 Å². The number of aryl methyl sites for hydroxylation is 1. The molecule has 0 aliphatic carbocycles. The number of thiazole rings is 1. The number of hydrogen-bond donors (Lipinski definition) is 1. The van der Waals surface area contributed by atoms with Gasteiger partial charge in [-0.2, -0.15) is 0 Å². The van der Waals surface area contributed by atoms with Gasteiger partial charge < -0.3 is 5.32 Å². The minimum absolute atomic E-state index is 0. The third kappa shape index (κ3) is 4.03. The van der Waals surface area contributed by atoms with E-state index < -0.39 is 0 Å². The molecule has 3 aromatic rings. The zero-order chi connectivity index (χ0) is 13.9. The minimum Gasteiger partial charge on any atom is -0.316 e. The van der Waals surface area contributed by atoms with Gasteiger partial charge in [-0.1, -0.05) is 34.1 Å². The van der Waals surface area contributed by atoms with Crippen LogP contribution in [-0.2, 0) is 0 Å². The maximum atomic E-state index is 4.59. The highest BCUT2D eigenvalue weighted by Gasteiger charge is 2.05. The predicted octanol–water partition coefficient (Wildman–Crippen LogP) is 5.44. The molecule has 0 saturated heterocycles. The van der Waals surface area contributed by atoms with Gasteiger partial charge in [0.25, 0.3) is 0 Å². The number of halogens is 2. The summed E-state index contributed by atoms with van der Waals surface area (Å²) >= 11 is 5.01. The second-order valence-electron chi connectivity index (χ2n) is 4.33. The van der Waals surface area contributed by atoms with Crippen LogP contribution < -0.4 is 5.32 Å². The maximum Gasteiger partial charge on any atom is 0.188 e. The summed E-state index contributed by atoms with van der Waals surface area (Å²) in [5.41, 5.74) is 3.06. The van der Waals surface area contributed by atoms with Crippen LogP contribution >= 0.6 is 39.7 Å². The molecule has 0 bridgehead atoms. The Balaban J connectivity index is 0.00000161. The number of pyridine rings is 1. The molecular formula is C15H13BrClN3S. The molecule has 1 aromatic carbocycles. The normalized spacial score (nSPS) is 10.0. The molecule has 1 N–H and O–H groups in total. The van der Waals surface area contributed by atoms with E-state index in [1.54, 1.807) is 11.3 Å². The molecule has 0 aliphatic heterocycles. The number of anilines is 2. The van der Waals surface area contributed by atoms with Crippen LogP contribution in [0.1, 0.15) is 5.69 Å². The lowest BCUT2D eigenvalue weighted by Crippen LogP contribution is -1.93. The molecule has 3 rings (SSSR count). The zero-order valence-electron chi connectivity index (χ0n) is 11.2. The molecule has 0 saturated carbocycles. The summed E-state index contributed by atoms with van der Waals surface area (Å²) < 4.78 is 1.07. The van der Waals surface area contributed by atoms with Crippen molar-refractivity contribution in [2.75, 3.05) is 5.32 Å². The molecule has 0 atom stereocenters. The number of benzene rings is 1. The lowest BCUT2D eigenvalue weighted by atomic mass is 10.2. The number of nitrogens with zero attached hydrogens (tertiary/aromatic N) is 2. The summed E-state index contributed by atoms with van der Waals surface area (Å²) in [6, 6.07) is 14.0. The molecule has 2 aromatic heterocycles. The van der Waals surface area contributed by atoms with Crippen LogP contribution in [0, 0.1) is 6.92 Å². The molecule has 6 heteroatoms. The average Bonchev–Trinajstić information content (AvgIpc) is 2.88. The van der Waals surface area contributed by atoms with E-state index in [4.69, 9.17) is 0 Å². The molecule has 0 fully saturated rings. The van der Waals surface area contributed by atoms with Crippen molar-refractivity contribution in [1.82, 2.24) is 9.97 Å². The van der Waals surface area contributed by atoms with Crippen LogP contribution in [0.15, 0.2) is 52.3 Å². The fourth-order valence-electron chi connectivity index (χ4n) is 1.81. The van der Waals surface area contributed by atoms with Crippen LogP contribution in [0.5, 0.6) is 0 Å². The molecular weight excluding hydrogens is 370 g/mol. The first-order valence-corrected chi connectivity index (χ1v) is 7.80. The SMILES string of the molecule is Cc1cccc(Nc2nc(-c3ccc(Br)cc3)cs2)n1.Cl. The van der Waals surface area contributed by atoms with Crippen molar-refractivity contribution >= 4 is 50.6 Å². The van der Waals surface area contributed by atoms with E-state index in [1.165, 1.54) is 0 Å². The topological polar surface area (TPSA) is 37.8 Å². The molecule has 108 valence electrons. The molecule has 3 nitrogen and oxygen atoms in total. The van der Waals surface area contributed by atoms with Gasteiger partial charge in [0.2, 0.25) is 0 Å². The fraction of sp³-hybridized carbons (Fsp3) is 0.0667. The first kappa shape index (κ1) is 15.9. The predicted molar refractivity (Wildman–Crippen MR) is 94.8 cm³/mol. The van der Waals surface area contributed by atoms with Crippen LogP contribution in [0.25, 0.3) is 11.3 Å². The fourth-order valence-corrected chi connectivity index (χ4v) is 2.80. The summed E-state index contributed by atoms with van der Waals surface area (Å²) in [7, 11) is 0. The summed E-state index contributed by atoms with van der Waals surface area (Å²) in [5, 5.41) is 6.12. The standard InChI is InChI=1S/C15H12BrN3S.ClH/c1-10-3-2-4-14(17-10)19-15-18-13(9-20-15)11-5-7-12(16)8-6-11;/h2-9H,1H3,(H,17,18,19);1H. The Labute approximate surface area is 142 Å². The second kappa shape index (κ2) is 7.02. The average molecular weight is 383 g/mol. The van der Waals surface area contributed by atoms with Crippen LogP contribution in [0.4, 0.5) is 10.9 Å². The van der Waals surface area contributed by atoms with E-state index in [1.807, 2.05) is 54.8 Å². The van der Waals surface area contributed by atoms with Gasteiger partial charge in [-0.3, -0.25) is 0 Å². The molecule has 0 amide bonds. The van der Waals surface area contributed by atoms with Crippen LogP contribution in [0.3, 0.4) is 0 Å². The van der Waals surface area contributed by atoms with E-state index in [9.17, 15) is 0 Å². The third-order valence-corrected chi connectivity index (χ3v) is 4.05. The summed E-state index contributed by atoms with van der Waals surface area (Å²) in [4.78, 5) is 9.00. The minimum atomic E-state index is 0. The van der Waals surface area contributed by atoms with Crippen LogP contribution in [-0.4, -0.2) is 9.97 Å². The van der Waals surface area contributed by atoms with Gasteiger partial charge in [0, 0.05) is 21.1 Å². The van der Waals surface area contributed by atoms with Crippen molar-refractivity contribution in [3.8, 4) is 11.3 Å². The lowest BCUT2D eigenvalue weighted by molar-refractivity contribution is 1.19. The van der Waals surface area contributed by atoms with Gasteiger partial charge in [-0.05, 0) is 31.2 Å². The van der Waals surface area contributed by atoms with Gasteiger partial charge in [0.05, 0.1) is 5.69 Å². The highest BCUT2D eigenvalue weighted by atomic mass is 79.9. The molecule has 0 unspecified atom stereocenters. The molecule has 0 radical (unpaired) electrons. The monoisotopic (exact) mass is 381 g/mol. The van der Waals surface area contributed by atoms with Crippen molar-refractivity contribution in [3.05, 3.63) is 58.0 Å². The summed E-state index contributed by atoms with van der Waals surface area (Å²) in [5.74, 6) is 0.821. The van der Waals surface area contributed by atoms with E-state index >= 15 is 0 Å².